The molecule has 6 rings (SSSR count). The summed E-state index contributed by atoms with van der Waals surface area (Å²) < 4.78 is 0. The number of nitrogens with zero attached hydrogens (tertiary/aromatic N) is 4. The van der Waals surface area contributed by atoms with Gasteiger partial charge in [-0.05, 0) is 18.1 Å². The van der Waals surface area contributed by atoms with Crippen LogP contribution in [0.4, 0.5) is 10.5 Å². The molecule has 4 atom stereocenters. The molecule has 37 heavy (non-hydrogen) atoms. The van der Waals surface area contributed by atoms with Gasteiger partial charge in [0.05, 0.1) is 24.3 Å². The molecule has 0 bridgehead atoms. The fourth-order valence-corrected chi connectivity index (χ4v) is 6.12. The van der Waals surface area contributed by atoms with Crippen LogP contribution in [0.5, 0.6) is 0 Å². The number of carbonyl (C=O) groups is 3. The molecule has 0 saturated carbocycles. The van der Waals surface area contributed by atoms with Crippen LogP contribution in [0.1, 0.15) is 15.9 Å². The van der Waals surface area contributed by atoms with E-state index in [2.05, 4.69) is 25.9 Å². The van der Waals surface area contributed by atoms with Gasteiger partial charge in [0, 0.05) is 13.6 Å². The lowest BCUT2D eigenvalue weighted by Gasteiger charge is -2.46. The number of likely N-dealkylation sites (N-methyl/N-ethyl adjacent to an activating group) is 1. The molecule has 4 amide bonds. The summed E-state index contributed by atoms with van der Waals surface area (Å²) in [4.78, 5) is 49.4. The van der Waals surface area contributed by atoms with Gasteiger partial charge in [0.25, 0.3) is 11.6 Å². The van der Waals surface area contributed by atoms with E-state index in [4.69, 9.17) is 11.5 Å². The number of hydrogen-bond donors (Lipinski definition) is 8. The monoisotopic (exact) mass is 513 g/mol. The number of aliphatic imine (C=N–C) groups is 1. The van der Waals surface area contributed by atoms with Gasteiger partial charge in [-0.1, -0.05) is 12.1 Å². The van der Waals surface area contributed by atoms with Crippen LogP contribution < -0.4 is 32.4 Å². The molecule has 10 N–H and O–H groups in total. The van der Waals surface area contributed by atoms with E-state index < -0.39 is 47.4 Å². The Morgan fingerprint density at radius 1 is 1.32 bits per heavy atom. The maximum Gasteiger partial charge on any atom is 0.343 e. The molecule has 1 aromatic carbocycles. The molecule has 15 heteroatoms. The smallest absolute Gasteiger partial charge is 0.343 e. The zero-order valence-corrected chi connectivity index (χ0v) is 20.1. The first-order valence-electron chi connectivity index (χ1n) is 12.0. The number of urea groups is 1. The van der Waals surface area contributed by atoms with Crippen molar-refractivity contribution in [3.05, 3.63) is 29.3 Å². The Balaban J connectivity index is 1.31. The van der Waals surface area contributed by atoms with Crippen LogP contribution in [0.2, 0.25) is 0 Å². The molecule has 0 aliphatic carbocycles. The number of rotatable bonds is 4. The van der Waals surface area contributed by atoms with Gasteiger partial charge in [0.1, 0.15) is 18.6 Å². The van der Waals surface area contributed by atoms with E-state index in [0.717, 1.165) is 22.6 Å². The highest BCUT2D eigenvalue weighted by atomic mass is 16.5. The van der Waals surface area contributed by atoms with Crippen molar-refractivity contribution < 1.29 is 29.6 Å². The van der Waals surface area contributed by atoms with Crippen LogP contribution in [0.15, 0.2) is 23.2 Å². The standard InChI is InChI=1S/C22H28N10O5/c1-30-9-14(33)31(20(30)35)7-12-16-21(29-18(23)28-16)22(36,37)13(8-32(21)19(24)26-12)27-17(34)11-4-2-3-10-5-6-25-15(10)11/h2-4,12-13,16,25,36-37H,5-9H2,1H3,(H2,24,26)(H,27,34)(H3,23,28,29)/p+1/t12-,13-,16-,21-/m0/s1. The average molecular weight is 514 g/mol. The zero-order chi connectivity index (χ0) is 26.3. The summed E-state index contributed by atoms with van der Waals surface area (Å²) in [7, 11) is 1.51. The van der Waals surface area contributed by atoms with E-state index >= 15 is 0 Å². The SMILES string of the molecule is CN1CC(=O)N(C[C@@H]2N=C(N)N3C[C@H](NC(=O)c4cccc5c4NCC5)C(O)(O)[C@@]34NC(N)=[NH+][C@@H]24)C1=O. The van der Waals surface area contributed by atoms with Gasteiger partial charge in [-0.15, -0.1) is 0 Å². The number of benzene rings is 1. The van der Waals surface area contributed by atoms with Crippen LogP contribution in [0.3, 0.4) is 0 Å². The highest BCUT2D eigenvalue weighted by molar-refractivity contribution is 6.02. The second-order valence-electron chi connectivity index (χ2n) is 10.0. The van der Waals surface area contributed by atoms with Gasteiger partial charge in [0.2, 0.25) is 11.7 Å². The number of aliphatic hydroxyl groups is 2. The number of imide groups is 1. The number of nitrogens with one attached hydrogen (secondary N) is 4. The summed E-state index contributed by atoms with van der Waals surface area (Å²) in [6.45, 7) is 0.400. The van der Waals surface area contributed by atoms with Crippen molar-refractivity contribution in [2.24, 2.45) is 16.5 Å². The first-order chi connectivity index (χ1) is 17.5. The zero-order valence-electron chi connectivity index (χ0n) is 20.1. The van der Waals surface area contributed by atoms with Crippen molar-refractivity contribution in [3.8, 4) is 0 Å². The highest BCUT2D eigenvalue weighted by Gasteiger charge is 2.76. The summed E-state index contributed by atoms with van der Waals surface area (Å²) in [5.74, 6) is -3.50. The van der Waals surface area contributed by atoms with Crippen molar-refractivity contribution >= 4 is 35.5 Å². The van der Waals surface area contributed by atoms with Crippen molar-refractivity contribution in [2.45, 2.75) is 36.0 Å². The third-order valence-corrected chi connectivity index (χ3v) is 7.88. The number of para-hydroxylation sites is 1. The van der Waals surface area contributed by atoms with Crippen LogP contribution in [0, 0.1) is 0 Å². The molecule has 2 saturated heterocycles. The molecule has 1 aromatic rings. The fourth-order valence-electron chi connectivity index (χ4n) is 6.12. The van der Waals surface area contributed by atoms with E-state index in [1.54, 1.807) is 12.1 Å². The minimum Gasteiger partial charge on any atom is -0.384 e. The third-order valence-electron chi connectivity index (χ3n) is 7.88. The van der Waals surface area contributed by atoms with Gasteiger partial charge < -0.3 is 31.5 Å². The summed E-state index contributed by atoms with van der Waals surface area (Å²) in [5, 5.41) is 32.1. The molecule has 0 aromatic heterocycles. The van der Waals surface area contributed by atoms with Crippen LogP contribution in [0.25, 0.3) is 0 Å². The summed E-state index contributed by atoms with van der Waals surface area (Å²) in [5.41, 5.74) is 12.7. The molecular formula is C22H29N10O5+. The van der Waals surface area contributed by atoms with Crippen molar-refractivity contribution in [1.29, 1.82) is 0 Å². The van der Waals surface area contributed by atoms with E-state index in [0.29, 0.717) is 12.1 Å². The second-order valence-corrected chi connectivity index (χ2v) is 10.0. The molecule has 15 nitrogen and oxygen atoms in total. The molecule has 5 aliphatic rings. The number of anilines is 1. The van der Waals surface area contributed by atoms with Crippen LogP contribution in [-0.4, -0.2) is 117 Å². The Morgan fingerprint density at radius 3 is 2.84 bits per heavy atom. The van der Waals surface area contributed by atoms with E-state index in [1.807, 2.05) is 6.07 Å². The third kappa shape index (κ3) is 3.10. The van der Waals surface area contributed by atoms with E-state index in [9.17, 15) is 24.6 Å². The van der Waals surface area contributed by atoms with E-state index in [1.165, 1.54) is 16.8 Å². The summed E-state index contributed by atoms with van der Waals surface area (Å²) >= 11 is 0. The number of carbonyl (C=O) groups excluding carboxylic acids is 3. The van der Waals surface area contributed by atoms with Crippen molar-refractivity contribution in [2.75, 3.05) is 38.5 Å². The average Bonchev–Trinajstić information content (AvgIpc) is 3.57. The molecular weight excluding hydrogens is 484 g/mol. The number of fused-ring (bicyclic) bond motifs is 1. The Bertz CT molecular complexity index is 1280. The molecule has 1 spiro atoms. The van der Waals surface area contributed by atoms with Gasteiger partial charge in [-0.2, -0.15) is 0 Å². The quantitative estimate of drug-likeness (QED) is 0.141. The highest BCUT2D eigenvalue weighted by Crippen LogP contribution is 2.41. The lowest BCUT2D eigenvalue weighted by Crippen LogP contribution is -2.90. The van der Waals surface area contributed by atoms with Gasteiger partial charge in [0.15, 0.2) is 12.0 Å². The Kier molecular flexibility index (Phi) is 4.84. The molecule has 2 fully saturated rings. The number of nitrogens with two attached hydrogens (primary N) is 2. The molecule has 0 radical (unpaired) electrons. The minimum absolute atomic E-state index is 0.0330. The molecule has 5 heterocycles. The topological polar surface area (TPSA) is 216 Å². The molecule has 0 unspecified atom stereocenters. The van der Waals surface area contributed by atoms with Crippen LogP contribution in [-0.2, 0) is 11.2 Å². The number of guanidine groups is 2. The summed E-state index contributed by atoms with van der Waals surface area (Å²) in [6.07, 6.45) is 0.791. The Labute approximate surface area is 211 Å². The lowest BCUT2D eigenvalue weighted by molar-refractivity contribution is -0.521. The maximum absolute atomic E-state index is 13.3. The number of amides is 4. The summed E-state index contributed by atoms with van der Waals surface area (Å²) in [6, 6.07) is 1.92. The first kappa shape index (κ1) is 23.3. The number of hydrogen-bond acceptors (Lipinski definition) is 11. The van der Waals surface area contributed by atoms with Crippen LogP contribution >= 0.6 is 0 Å². The van der Waals surface area contributed by atoms with Gasteiger partial charge >= 0.3 is 12.0 Å². The largest absolute Gasteiger partial charge is 0.384 e. The van der Waals surface area contributed by atoms with Gasteiger partial charge in [-0.3, -0.25) is 30.1 Å². The minimum atomic E-state index is -2.60. The first-order valence-corrected chi connectivity index (χ1v) is 12.0. The Hall–Kier alpha value is -4.11. The maximum atomic E-state index is 13.3. The van der Waals surface area contributed by atoms with E-state index in [-0.39, 0.29) is 31.6 Å². The normalized spacial score (nSPS) is 31.3. The predicted molar refractivity (Wildman–Crippen MR) is 129 cm³/mol. The van der Waals surface area contributed by atoms with Crippen molar-refractivity contribution in [3.63, 3.8) is 0 Å². The Morgan fingerprint density at radius 2 is 2.11 bits per heavy atom. The predicted octanol–water partition coefficient (Wildman–Crippen LogP) is -5.60. The fraction of sp³-hybridized carbons (Fsp3) is 0.500. The molecule has 196 valence electrons. The van der Waals surface area contributed by atoms with Crippen molar-refractivity contribution in [1.82, 2.24) is 25.3 Å². The second kappa shape index (κ2) is 7.69. The molecule has 5 aliphatic heterocycles. The van der Waals surface area contributed by atoms with Gasteiger partial charge in [-0.25, -0.2) is 15.1 Å². The lowest BCUT2D eigenvalue weighted by atomic mass is 9.84.